The van der Waals surface area contributed by atoms with E-state index >= 15 is 0 Å². The van der Waals surface area contributed by atoms with Gasteiger partial charge in [-0.2, -0.15) is 0 Å². The molecule has 0 radical (unpaired) electrons. The van der Waals surface area contributed by atoms with Gasteiger partial charge in [0.1, 0.15) is 23.8 Å². The topological polar surface area (TPSA) is 122 Å². The third-order valence-corrected chi connectivity index (χ3v) is 3.47. The van der Waals surface area contributed by atoms with Gasteiger partial charge < -0.3 is 20.3 Å². The Morgan fingerprint density at radius 2 is 1.70 bits per heavy atom. The number of aliphatic carboxylic acids is 1. The molecule has 1 aromatic carbocycles. The first-order valence-electron chi connectivity index (χ1n) is 7.92. The summed E-state index contributed by atoms with van der Waals surface area (Å²) in [6.07, 6.45) is 1.51. The summed E-state index contributed by atoms with van der Waals surface area (Å²) in [6, 6.07) is 15.4. The van der Waals surface area contributed by atoms with Gasteiger partial charge in [0, 0.05) is 0 Å². The fraction of sp³-hybridized carbons (Fsp3) is 0.0526. The summed E-state index contributed by atoms with van der Waals surface area (Å²) in [5.74, 6) is -1.14. The molecular weight excluding hydrogens is 350 g/mol. The van der Waals surface area contributed by atoms with Crippen molar-refractivity contribution in [3.05, 3.63) is 66.5 Å². The average molecular weight is 365 g/mol. The number of hydrogen-bond acceptors (Lipinski definition) is 6. The van der Waals surface area contributed by atoms with Crippen molar-refractivity contribution in [2.24, 2.45) is 0 Å². The highest BCUT2D eigenvalue weighted by atomic mass is 16.5. The van der Waals surface area contributed by atoms with Crippen LogP contribution in [-0.2, 0) is 4.79 Å². The summed E-state index contributed by atoms with van der Waals surface area (Å²) in [6.45, 7) is -0.575. The van der Waals surface area contributed by atoms with Gasteiger partial charge in [-0.1, -0.05) is 18.2 Å². The molecule has 136 valence electrons. The Balaban J connectivity index is 1.79. The zero-order chi connectivity index (χ0) is 19.2. The minimum Gasteiger partial charge on any atom is -0.505 e. The maximum atomic E-state index is 12.0. The molecule has 8 nitrogen and oxygen atoms in total. The van der Waals surface area contributed by atoms with Gasteiger partial charge in [0.25, 0.3) is 5.91 Å². The van der Waals surface area contributed by atoms with Crippen LogP contribution in [0.5, 0.6) is 17.2 Å². The molecule has 3 rings (SSSR count). The average Bonchev–Trinajstić information content (AvgIpc) is 2.68. The van der Waals surface area contributed by atoms with E-state index in [1.807, 2.05) is 30.3 Å². The van der Waals surface area contributed by atoms with Crippen molar-refractivity contribution >= 4 is 11.9 Å². The van der Waals surface area contributed by atoms with Crippen LogP contribution in [0.2, 0.25) is 0 Å². The molecule has 0 aliphatic carbocycles. The monoisotopic (exact) mass is 365 g/mol. The molecule has 27 heavy (non-hydrogen) atoms. The Labute approximate surface area is 154 Å². The molecule has 1 amide bonds. The second-order valence-electron chi connectivity index (χ2n) is 5.43. The molecule has 0 atom stereocenters. The first kappa shape index (κ1) is 17.9. The Kier molecular flexibility index (Phi) is 5.27. The van der Waals surface area contributed by atoms with E-state index in [-0.39, 0.29) is 11.4 Å². The number of carboxylic acid groups (broad SMARTS) is 1. The molecule has 0 aliphatic rings. The van der Waals surface area contributed by atoms with Gasteiger partial charge in [-0.25, -0.2) is 4.98 Å². The molecule has 3 aromatic rings. The molecule has 0 saturated carbocycles. The van der Waals surface area contributed by atoms with E-state index < -0.39 is 18.4 Å². The zero-order valence-corrected chi connectivity index (χ0v) is 14.0. The number of pyridine rings is 2. The number of nitrogens with one attached hydrogen (secondary N) is 1. The summed E-state index contributed by atoms with van der Waals surface area (Å²) in [5, 5.41) is 20.6. The molecule has 2 heterocycles. The lowest BCUT2D eigenvalue weighted by atomic mass is 10.2. The minimum atomic E-state index is -1.20. The number of nitrogens with zero attached hydrogens (tertiary/aromatic N) is 2. The maximum absolute atomic E-state index is 12.0. The SMILES string of the molecule is O=C(O)CNC(=O)c1nc(-c2ccc(Oc3ccccc3)cn2)ccc1O. The largest absolute Gasteiger partial charge is 0.505 e. The van der Waals surface area contributed by atoms with Crippen molar-refractivity contribution < 1.29 is 24.5 Å². The van der Waals surface area contributed by atoms with E-state index in [0.717, 1.165) is 0 Å². The second-order valence-corrected chi connectivity index (χ2v) is 5.43. The molecule has 3 N–H and O–H groups in total. The van der Waals surface area contributed by atoms with Gasteiger partial charge in [-0.15, -0.1) is 0 Å². The summed E-state index contributed by atoms with van der Waals surface area (Å²) in [7, 11) is 0. The number of benzene rings is 1. The van der Waals surface area contributed by atoms with Gasteiger partial charge in [0.15, 0.2) is 5.69 Å². The second kappa shape index (κ2) is 7.96. The van der Waals surface area contributed by atoms with Crippen LogP contribution in [0.3, 0.4) is 0 Å². The van der Waals surface area contributed by atoms with E-state index in [4.69, 9.17) is 9.84 Å². The van der Waals surface area contributed by atoms with Gasteiger partial charge in [0.05, 0.1) is 17.6 Å². The number of amides is 1. The van der Waals surface area contributed by atoms with Crippen LogP contribution in [0.4, 0.5) is 0 Å². The van der Waals surface area contributed by atoms with Crippen LogP contribution in [0.25, 0.3) is 11.4 Å². The summed E-state index contributed by atoms with van der Waals surface area (Å²) in [5.41, 5.74) is 0.530. The lowest BCUT2D eigenvalue weighted by Gasteiger charge is -2.08. The molecule has 8 heteroatoms. The predicted molar refractivity (Wildman–Crippen MR) is 95.6 cm³/mol. The Morgan fingerprint density at radius 3 is 2.37 bits per heavy atom. The maximum Gasteiger partial charge on any atom is 0.322 e. The van der Waals surface area contributed by atoms with Crippen LogP contribution in [0.15, 0.2) is 60.8 Å². The first-order chi connectivity index (χ1) is 13.0. The third-order valence-electron chi connectivity index (χ3n) is 3.47. The van der Waals surface area contributed by atoms with Gasteiger partial charge in [-0.05, 0) is 36.4 Å². The van der Waals surface area contributed by atoms with Crippen molar-refractivity contribution in [1.82, 2.24) is 15.3 Å². The van der Waals surface area contributed by atoms with Crippen LogP contribution >= 0.6 is 0 Å². The van der Waals surface area contributed by atoms with E-state index in [9.17, 15) is 14.7 Å². The molecule has 0 spiro atoms. The number of rotatable bonds is 6. The highest BCUT2D eigenvalue weighted by Crippen LogP contribution is 2.24. The Morgan fingerprint density at radius 1 is 0.963 bits per heavy atom. The van der Waals surface area contributed by atoms with Gasteiger partial charge in [-0.3, -0.25) is 14.6 Å². The van der Waals surface area contributed by atoms with Crippen LogP contribution < -0.4 is 10.1 Å². The number of carbonyl (C=O) groups is 2. The number of carbonyl (C=O) groups excluding carboxylic acids is 1. The highest BCUT2D eigenvalue weighted by Gasteiger charge is 2.16. The number of aromatic nitrogens is 2. The minimum absolute atomic E-state index is 0.278. The van der Waals surface area contributed by atoms with Crippen molar-refractivity contribution in [2.45, 2.75) is 0 Å². The zero-order valence-electron chi connectivity index (χ0n) is 14.0. The lowest BCUT2D eigenvalue weighted by molar-refractivity contribution is -0.135. The van der Waals surface area contributed by atoms with Gasteiger partial charge >= 0.3 is 5.97 Å². The molecule has 0 saturated heterocycles. The number of para-hydroxylation sites is 1. The number of carboxylic acids is 1. The summed E-state index contributed by atoms with van der Waals surface area (Å²) < 4.78 is 5.66. The summed E-state index contributed by atoms with van der Waals surface area (Å²) in [4.78, 5) is 30.9. The Bertz CT molecular complexity index is 959. The first-order valence-corrected chi connectivity index (χ1v) is 7.92. The molecule has 0 aliphatic heterocycles. The predicted octanol–water partition coefficient (Wildman–Crippen LogP) is 2.46. The summed E-state index contributed by atoms with van der Waals surface area (Å²) >= 11 is 0. The van der Waals surface area contributed by atoms with Crippen molar-refractivity contribution in [3.63, 3.8) is 0 Å². The Hall–Kier alpha value is -3.94. The molecule has 0 fully saturated rings. The van der Waals surface area contributed by atoms with Crippen LogP contribution in [0, 0.1) is 0 Å². The van der Waals surface area contributed by atoms with Crippen LogP contribution in [0.1, 0.15) is 10.5 Å². The molecule has 0 unspecified atom stereocenters. The number of aromatic hydroxyl groups is 1. The van der Waals surface area contributed by atoms with E-state index in [1.165, 1.54) is 18.3 Å². The fourth-order valence-corrected chi connectivity index (χ4v) is 2.22. The smallest absolute Gasteiger partial charge is 0.322 e. The lowest BCUT2D eigenvalue weighted by Crippen LogP contribution is -2.30. The fourth-order valence-electron chi connectivity index (χ4n) is 2.22. The van der Waals surface area contributed by atoms with E-state index in [1.54, 1.807) is 12.1 Å². The highest BCUT2D eigenvalue weighted by molar-refractivity contribution is 5.96. The molecule has 2 aromatic heterocycles. The van der Waals surface area contributed by atoms with E-state index in [2.05, 4.69) is 15.3 Å². The van der Waals surface area contributed by atoms with Crippen LogP contribution in [-0.4, -0.2) is 38.6 Å². The molecular formula is C19H15N3O5. The number of hydrogen-bond donors (Lipinski definition) is 3. The van der Waals surface area contributed by atoms with Crippen molar-refractivity contribution in [2.75, 3.05) is 6.54 Å². The van der Waals surface area contributed by atoms with E-state index in [0.29, 0.717) is 22.9 Å². The third kappa shape index (κ3) is 4.57. The van der Waals surface area contributed by atoms with Gasteiger partial charge in [0.2, 0.25) is 0 Å². The molecule has 0 bridgehead atoms. The van der Waals surface area contributed by atoms with Crippen molar-refractivity contribution in [1.29, 1.82) is 0 Å². The normalized spacial score (nSPS) is 10.2. The quantitative estimate of drug-likeness (QED) is 0.613. The van der Waals surface area contributed by atoms with Crippen molar-refractivity contribution in [3.8, 4) is 28.6 Å². The number of ether oxygens (including phenoxy) is 1. The standard InChI is InChI=1S/C19H15N3O5/c23-16-9-8-15(22-18(16)19(26)21-11-17(24)25)14-7-6-13(10-20-14)27-12-4-2-1-3-5-12/h1-10,23H,11H2,(H,21,26)(H,24,25).